The number of amides is 1. The Hall–Kier alpha value is -1.13. The monoisotopic (exact) mass is 392 g/mol. The van der Waals surface area contributed by atoms with Crippen molar-refractivity contribution in [2.45, 2.75) is 38.6 Å². The minimum atomic E-state index is 0.138. The number of rotatable bonds is 6. The second-order valence-electron chi connectivity index (χ2n) is 7.13. The average Bonchev–Trinajstić information content (AvgIpc) is 2.56. The number of likely N-dealkylation sites (N-methyl/N-ethyl adjacent to an activating group) is 1. The SMILES string of the molecule is CN(C)CCN(C(=O)C=Cc1ccc(Br)cc1)[C@H]1CC[C@H](C)CC1. The molecule has 0 aliphatic heterocycles. The first kappa shape index (κ1) is 19.2. The molecule has 1 amide bonds. The minimum Gasteiger partial charge on any atom is -0.335 e. The van der Waals surface area contributed by atoms with E-state index in [0.29, 0.717) is 6.04 Å². The van der Waals surface area contributed by atoms with Crippen molar-refractivity contribution in [1.82, 2.24) is 9.80 Å². The van der Waals surface area contributed by atoms with E-state index in [-0.39, 0.29) is 5.91 Å². The van der Waals surface area contributed by atoms with Crippen molar-refractivity contribution >= 4 is 27.9 Å². The van der Waals surface area contributed by atoms with Crippen LogP contribution >= 0.6 is 15.9 Å². The summed E-state index contributed by atoms with van der Waals surface area (Å²) < 4.78 is 1.05. The number of halogens is 1. The van der Waals surface area contributed by atoms with Crippen molar-refractivity contribution in [3.05, 3.63) is 40.4 Å². The summed E-state index contributed by atoms with van der Waals surface area (Å²) in [5.74, 6) is 0.935. The molecule has 0 saturated heterocycles. The molecule has 132 valence electrons. The second-order valence-corrected chi connectivity index (χ2v) is 8.05. The molecule has 24 heavy (non-hydrogen) atoms. The quantitative estimate of drug-likeness (QED) is 0.668. The van der Waals surface area contributed by atoms with Gasteiger partial charge in [-0.3, -0.25) is 4.79 Å². The van der Waals surface area contributed by atoms with E-state index in [1.807, 2.05) is 30.3 Å². The number of nitrogens with zero attached hydrogens (tertiary/aromatic N) is 2. The summed E-state index contributed by atoms with van der Waals surface area (Å²) in [5, 5.41) is 0. The Morgan fingerprint density at radius 1 is 1.12 bits per heavy atom. The van der Waals surface area contributed by atoms with Gasteiger partial charge < -0.3 is 9.80 Å². The van der Waals surface area contributed by atoms with Gasteiger partial charge in [0, 0.05) is 29.7 Å². The molecule has 0 atom stereocenters. The Morgan fingerprint density at radius 3 is 2.33 bits per heavy atom. The molecule has 0 bridgehead atoms. The largest absolute Gasteiger partial charge is 0.335 e. The fourth-order valence-electron chi connectivity index (χ4n) is 3.17. The molecule has 4 heteroatoms. The molecule has 0 heterocycles. The van der Waals surface area contributed by atoms with Crippen molar-refractivity contribution in [2.75, 3.05) is 27.2 Å². The van der Waals surface area contributed by atoms with E-state index in [0.717, 1.165) is 41.9 Å². The van der Waals surface area contributed by atoms with Gasteiger partial charge in [0.25, 0.3) is 0 Å². The summed E-state index contributed by atoms with van der Waals surface area (Å²) in [4.78, 5) is 17.0. The number of carbonyl (C=O) groups excluding carboxylic acids is 1. The highest BCUT2D eigenvalue weighted by Crippen LogP contribution is 2.27. The normalized spacial score (nSPS) is 21.4. The number of hydrogen-bond donors (Lipinski definition) is 0. The lowest BCUT2D eigenvalue weighted by Crippen LogP contribution is -2.44. The molecule has 3 nitrogen and oxygen atoms in total. The van der Waals surface area contributed by atoms with E-state index in [2.05, 4.69) is 46.7 Å². The molecule has 0 unspecified atom stereocenters. The Balaban J connectivity index is 2.04. The van der Waals surface area contributed by atoms with Gasteiger partial charge in [-0.25, -0.2) is 0 Å². The van der Waals surface area contributed by atoms with Crippen LogP contribution in [0.5, 0.6) is 0 Å². The van der Waals surface area contributed by atoms with Gasteiger partial charge in [-0.2, -0.15) is 0 Å². The van der Waals surface area contributed by atoms with Gasteiger partial charge in [0.1, 0.15) is 0 Å². The number of hydrogen-bond acceptors (Lipinski definition) is 2. The Morgan fingerprint density at radius 2 is 1.75 bits per heavy atom. The summed E-state index contributed by atoms with van der Waals surface area (Å²) >= 11 is 3.44. The van der Waals surface area contributed by atoms with Crippen LogP contribution in [0.25, 0.3) is 6.08 Å². The van der Waals surface area contributed by atoms with E-state index in [4.69, 9.17) is 0 Å². The van der Waals surface area contributed by atoms with Gasteiger partial charge in [-0.1, -0.05) is 35.0 Å². The molecule has 1 saturated carbocycles. The topological polar surface area (TPSA) is 23.6 Å². The summed E-state index contributed by atoms with van der Waals surface area (Å²) in [5.41, 5.74) is 1.05. The number of carbonyl (C=O) groups is 1. The molecule has 1 aliphatic rings. The molecule has 1 aliphatic carbocycles. The van der Waals surface area contributed by atoms with Gasteiger partial charge >= 0.3 is 0 Å². The van der Waals surface area contributed by atoms with Gasteiger partial charge in [0.15, 0.2) is 0 Å². The lowest BCUT2D eigenvalue weighted by atomic mass is 9.86. The van der Waals surface area contributed by atoms with Crippen molar-refractivity contribution in [3.63, 3.8) is 0 Å². The van der Waals surface area contributed by atoms with Crippen LogP contribution in [-0.4, -0.2) is 48.9 Å². The van der Waals surface area contributed by atoms with Crippen LogP contribution in [0.15, 0.2) is 34.8 Å². The molecular weight excluding hydrogens is 364 g/mol. The summed E-state index contributed by atoms with van der Waals surface area (Å²) in [6.45, 7) is 4.02. The minimum absolute atomic E-state index is 0.138. The first-order valence-electron chi connectivity index (χ1n) is 8.84. The highest BCUT2D eigenvalue weighted by Gasteiger charge is 2.26. The molecule has 1 aromatic carbocycles. The molecule has 0 aromatic heterocycles. The highest BCUT2D eigenvalue weighted by molar-refractivity contribution is 9.10. The zero-order valence-corrected chi connectivity index (χ0v) is 16.6. The molecular formula is C20H29BrN2O. The Kier molecular flexibility index (Phi) is 7.50. The van der Waals surface area contributed by atoms with Gasteiger partial charge in [0.2, 0.25) is 5.91 Å². The lowest BCUT2D eigenvalue weighted by Gasteiger charge is -2.36. The van der Waals surface area contributed by atoms with Crippen LogP contribution in [0.3, 0.4) is 0 Å². The van der Waals surface area contributed by atoms with Crippen LogP contribution in [-0.2, 0) is 4.79 Å². The van der Waals surface area contributed by atoms with E-state index in [1.165, 1.54) is 12.8 Å². The van der Waals surface area contributed by atoms with Crippen molar-refractivity contribution < 1.29 is 4.79 Å². The van der Waals surface area contributed by atoms with Gasteiger partial charge in [-0.15, -0.1) is 0 Å². The molecule has 0 radical (unpaired) electrons. The van der Waals surface area contributed by atoms with E-state index < -0.39 is 0 Å². The molecule has 0 spiro atoms. The van der Waals surface area contributed by atoms with Crippen molar-refractivity contribution in [1.29, 1.82) is 0 Å². The Bertz CT molecular complexity index is 545. The average molecular weight is 393 g/mol. The molecule has 1 aromatic rings. The fraction of sp³-hybridized carbons (Fsp3) is 0.550. The van der Waals surface area contributed by atoms with Crippen molar-refractivity contribution in [2.24, 2.45) is 5.92 Å². The zero-order chi connectivity index (χ0) is 17.5. The lowest BCUT2D eigenvalue weighted by molar-refractivity contribution is -0.129. The summed E-state index contributed by atoms with van der Waals surface area (Å²) in [7, 11) is 4.12. The standard InChI is InChI=1S/C20H29BrN2O/c1-16-4-11-19(12-5-16)23(15-14-22(2)3)20(24)13-8-17-6-9-18(21)10-7-17/h6-10,13,16,19H,4-5,11-12,14-15H2,1-3H3/t16-,19-. The maximum atomic E-state index is 12.8. The Labute approximate surface area is 154 Å². The van der Waals surface area contributed by atoms with Crippen LogP contribution in [0.4, 0.5) is 0 Å². The third-order valence-electron chi connectivity index (χ3n) is 4.79. The fourth-order valence-corrected chi connectivity index (χ4v) is 3.44. The van der Waals surface area contributed by atoms with E-state index in [1.54, 1.807) is 6.08 Å². The number of benzene rings is 1. The molecule has 0 N–H and O–H groups in total. The van der Waals surface area contributed by atoms with E-state index >= 15 is 0 Å². The second kappa shape index (κ2) is 9.38. The predicted octanol–water partition coefficient (Wildman–Crippen LogP) is 4.43. The van der Waals surface area contributed by atoms with Gasteiger partial charge in [-0.05, 0) is 69.5 Å². The zero-order valence-electron chi connectivity index (χ0n) is 15.0. The van der Waals surface area contributed by atoms with E-state index in [9.17, 15) is 4.79 Å². The first-order chi connectivity index (χ1) is 11.5. The van der Waals surface area contributed by atoms with Crippen LogP contribution < -0.4 is 0 Å². The smallest absolute Gasteiger partial charge is 0.246 e. The third-order valence-corrected chi connectivity index (χ3v) is 5.31. The summed E-state index contributed by atoms with van der Waals surface area (Å²) in [6.07, 6.45) is 8.37. The van der Waals surface area contributed by atoms with Crippen molar-refractivity contribution in [3.8, 4) is 0 Å². The molecule has 1 fully saturated rings. The van der Waals surface area contributed by atoms with Gasteiger partial charge in [0.05, 0.1) is 0 Å². The summed E-state index contributed by atoms with van der Waals surface area (Å²) in [6, 6.07) is 8.41. The highest BCUT2D eigenvalue weighted by atomic mass is 79.9. The molecule has 2 rings (SSSR count). The van der Waals surface area contributed by atoms with Crippen LogP contribution in [0, 0.1) is 5.92 Å². The van der Waals surface area contributed by atoms with Crippen LogP contribution in [0.1, 0.15) is 38.2 Å². The third kappa shape index (κ3) is 6.06. The first-order valence-corrected chi connectivity index (χ1v) is 9.64. The van der Waals surface area contributed by atoms with Crippen LogP contribution in [0.2, 0.25) is 0 Å². The maximum absolute atomic E-state index is 12.8. The maximum Gasteiger partial charge on any atom is 0.246 e. The predicted molar refractivity (Wildman–Crippen MR) is 105 cm³/mol.